The third-order valence-corrected chi connectivity index (χ3v) is 4.66. The lowest BCUT2D eigenvalue weighted by Crippen LogP contribution is -2.47. The van der Waals surface area contributed by atoms with Crippen molar-refractivity contribution in [1.82, 2.24) is 0 Å². The topological polar surface area (TPSA) is 46.2 Å². The minimum absolute atomic E-state index is 0.101. The molecule has 14 heavy (non-hydrogen) atoms. The average Bonchev–Trinajstić information content (AvgIpc) is 2.92. The van der Waals surface area contributed by atoms with Gasteiger partial charge in [-0.05, 0) is 43.9 Å². The normalized spacial score (nSPS) is 32.6. The van der Waals surface area contributed by atoms with Gasteiger partial charge in [-0.25, -0.2) is 0 Å². The van der Waals surface area contributed by atoms with E-state index in [9.17, 15) is 5.11 Å². The Kier molecular flexibility index (Phi) is 2.20. The van der Waals surface area contributed by atoms with Crippen LogP contribution < -0.4 is 5.73 Å². The Labute approximate surface area is 86.9 Å². The molecule has 0 spiro atoms. The van der Waals surface area contributed by atoms with Crippen LogP contribution in [0.3, 0.4) is 0 Å². The second kappa shape index (κ2) is 2.96. The molecule has 0 aromatic heterocycles. The van der Waals surface area contributed by atoms with Crippen LogP contribution in [-0.4, -0.2) is 17.3 Å². The molecule has 82 valence electrons. The molecule has 3 N–H and O–H groups in total. The summed E-state index contributed by atoms with van der Waals surface area (Å²) in [6, 6.07) is 0. The van der Waals surface area contributed by atoms with Crippen LogP contribution in [0.25, 0.3) is 0 Å². The molecule has 2 fully saturated rings. The lowest BCUT2D eigenvalue weighted by atomic mass is 9.65. The number of nitrogens with two attached hydrogens (primary N) is 1. The van der Waals surface area contributed by atoms with E-state index < -0.39 is 5.60 Å². The minimum atomic E-state index is -0.433. The Balaban J connectivity index is 2.06. The highest BCUT2D eigenvalue weighted by molar-refractivity contribution is 5.10. The monoisotopic (exact) mass is 197 g/mol. The van der Waals surface area contributed by atoms with Crippen LogP contribution >= 0.6 is 0 Å². The molecule has 0 radical (unpaired) electrons. The molecule has 2 aliphatic carbocycles. The molecule has 2 nitrogen and oxygen atoms in total. The number of rotatable bonds is 2. The Hall–Kier alpha value is -0.0800. The Morgan fingerprint density at radius 1 is 1.00 bits per heavy atom. The molecule has 2 aliphatic rings. The summed E-state index contributed by atoms with van der Waals surface area (Å²) in [6.07, 6.45) is 6.48. The maximum atomic E-state index is 10.6. The third-order valence-electron chi connectivity index (χ3n) is 4.66. The summed E-state index contributed by atoms with van der Waals surface area (Å²) in [4.78, 5) is 0. The van der Waals surface area contributed by atoms with Crippen LogP contribution in [0.15, 0.2) is 0 Å². The van der Waals surface area contributed by atoms with Gasteiger partial charge in [0.05, 0.1) is 5.60 Å². The number of aliphatic hydroxyl groups is 1. The SMILES string of the molecule is CC1(C)CCC(O)(C2(CN)CC2)CC1. The largest absolute Gasteiger partial charge is 0.389 e. The first kappa shape index (κ1) is 10.4. The van der Waals surface area contributed by atoms with Crippen LogP contribution in [0.2, 0.25) is 0 Å². The molecule has 0 saturated heterocycles. The molecule has 0 atom stereocenters. The Morgan fingerprint density at radius 2 is 1.50 bits per heavy atom. The molecular weight excluding hydrogens is 174 g/mol. The molecule has 2 rings (SSSR count). The fourth-order valence-corrected chi connectivity index (χ4v) is 2.88. The van der Waals surface area contributed by atoms with E-state index in [2.05, 4.69) is 13.8 Å². The summed E-state index contributed by atoms with van der Waals surface area (Å²) in [5, 5.41) is 10.6. The van der Waals surface area contributed by atoms with E-state index in [4.69, 9.17) is 5.73 Å². The van der Waals surface area contributed by atoms with Crippen molar-refractivity contribution in [3.8, 4) is 0 Å². The first-order valence-corrected chi connectivity index (χ1v) is 5.86. The van der Waals surface area contributed by atoms with Crippen molar-refractivity contribution < 1.29 is 5.11 Å². The third kappa shape index (κ3) is 1.49. The fourth-order valence-electron chi connectivity index (χ4n) is 2.88. The molecule has 0 aromatic carbocycles. The van der Waals surface area contributed by atoms with Gasteiger partial charge in [-0.2, -0.15) is 0 Å². The lowest BCUT2D eigenvalue weighted by molar-refractivity contribution is -0.0804. The van der Waals surface area contributed by atoms with Crippen molar-refractivity contribution in [3.63, 3.8) is 0 Å². The van der Waals surface area contributed by atoms with E-state index in [1.165, 1.54) is 0 Å². The minimum Gasteiger partial charge on any atom is -0.389 e. The van der Waals surface area contributed by atoms with Gasteiger partial charge in [-0.3, -0.25) is 0 Å². The predicted octanol–water partition coefficient (Wildman–Crippen LogP) is 2.06. The molecule has 0 bridgehead atoms. The molecule has 2 saturated carbocycles. The van der Waals surface area contributed by atoms with Crippen molar-refractivity contribution >= 4 is 0 Å². The fraction of sp³-hybridized carbons (Fsp3) is 1.00. The average molecular weight is 197 g/mol. The summed E-state index contributed by atoms with van der Waals surface area (Å²) < 4.78 is 0. The van der Waals surface area contributed by atoms with E-state index in [-0.39, 0.29) is 5.41 Å². The highest BCUT2D eigenvalue weighted by atomic mass is 16.3. The van der Waals surface area contributed by atoms with Gasteiger partial charge in [-0.15, -0.1) is 0 Å². The van der Waals surface area contributed by atoms with E-state index in [1.807, 2.05) is 0 Å². The standard InChI is InChI=1S/C12H23NO/c1-10(2)3-7-12(14,8-4-10)11(9-13)5-6-11/h14H,3-9,13H2,1-2H3. The first-order valence-electron chi connectivity index (χ1n) is 5.86. The second-order valence-corrected chi connectivity index (χ2v) is 6.18. The van der Waals surface area contributed by atoms with E-state index >= 15 is 0 Å². The maximum absolute atomic E-state index is 10.6. The highest BCUT2D eigenvalue weighted by Gasteiger charge is 2.58. The first-order chi connectivity index (χ1) is 6.43. The summed E-state index contributed by atoms with van der Waals surface area (Å²) >= 11 is 0. The van der Waals surface area contributed by atoms with Crippen LogP contribution in [-0.2, 0) is 0 Å². The van der Waals surface area contributed by atoms with Gasteiger partial charge >= 0.3 is 0 Å². The summed E-state index contributed by atoms with van der Waals surface area (Å²) in [7, 11) is 0. The molecule has 2 heteroatoms. The van der Waals surface area contributed by atoms with Gasteiger partial charge < -0.3 is 10.8 Å². The smallest absolute Gasteiger partial charge is 0.0716 e. The Morgan fingerprint density at radius 3 is 1.86 bits per heavy atom. The van der Waals surface area contributed by atoms with Crippen LogP contribution in [0.1, 0.15) is 52.4 Å². The Bertz CT molecular complexity index is 220. The predicted molar refractivity (Wildman–Crippen MR) is 57.9 cm³/mol. The quantitative estimate of drug-likeness (QED) is 0.711. The van der Waals surface area contributed by atoms with Crippen LogP contribution in [0, 0.1) is 10.8 Å². The molecule has 0 unspecified atom stereocenters. The molecule has 0 heterocycles. The van der Waals surface area contributed by atoms with Crippen molar-refractivity contribution in [1.29, 1.82) is 0 Å². The van der Waals surface area contributed by atoms with Gasteiger partial charge in [0.15, 0.2) is 0 Å². The second-order valence-electron chi connectivity index (χ2n) is 6.18. The van der Waals surface area contributed by atoms with Crippen LogP contribution in [0.5, 0.6) is 0 Å². The molecule has 0 aromatic rings. The zero-order chi connectivity index (χ0) is 10.4. The van der Waals surface area contributed by atoms with E-state index in [0.717, 1.165) is 38.5 Å². The summed E-state index contributed by atoms with van der Waals surface area (Å²) in [5.41, 5.74) is 5.89. The molecule has 0 aliphatic heterocycles. The number of hydrogen-bond donors (Lipinski definition) is 2. The van der Waals surface area contributed by atoms with Gasteiger partial charge in [0.25, 0.3) is 0 Å². The van der Waals surface area contributed by atoms with Crippen molar-refractivity contribution in [3.05, 3.63) is 0 Å². The van der Waals surface area contributed by atoms with Gasteiger partial charge in [0.2, 0.25) is 0 Å². The zero-order valence-electron chi connectivity index (χ0n) is 9.47. The van der Waals surface area contributed by atoms with Gasteiger partial charge in [-0.1, -0.05) is 13.8 Å². The summed E-state index contributed by atoms with van der Waals surface area (Å²) in [5.74, 6) is 0. The molecule has 0 amide bonds. The zero-order valence-corrected chi connectivity index (χ0v) is 9.47. The molecular formula is C12H23NO. The highest BCUT2D eigenvalue weighted by Crippen LogP contribution is 2.59. The van der Waals surface area contributed by atoms with Crippen molar-refractivity contribution in [2.75, 3.05) is 6.54 Å². The number of hydrogen-bond acceptors (Lipinski definition) is 2. The van der Waals surface area contributed by atoms with Gasteiger partial charge in [0, 0.05) is 12.0 Å². The maximum Gasteiger partial charge on any atom is 0.0716 e. The summed E-state index contributed by atoms with van der Waals surface area (Å²) in [6.45, 7) is 5.27. The van der Waals surface area contributed by atoms with E-state index in [1.54, 1.807) is 0 Å². The van der Waals surface area contributed by atoms with Crippen molar-refractivity contribution in [2.24, 2.45) is 16.6 Å². The van der Waals surface area contributed by atoms with E-state index in [0.29, 0.717) is 12.0 Å². The van der Waals surface area contributed by atoms with Crippen molar-refractivity contribution in [2.45, 2.75) is 58.0 Å². The van der Waals surface area contributed by atoms with Crippen LogP contribution in [0.4, 0.5) is 0 Å². The lowest BCUT2D eigenvalue weighted by Gasteiger charge is -2.45. The van der Waals surface area contributed by atoms with Gasteiger partial charge in [0.1, 0.15) is 0 Å².